The third kappa shape index (κ3) is 4.57. The van der Waals surface area contributed by atoms with E-state index < -0.39 is 0 Å². The maximum Gasteiger partial charge on any atom is 0.256 e. The van der Waals surface area contributed by atoms with E-state index in [1.807, 2.05) is 20.8 Å². The number of carbonyl (C=O) groups excluding carboxylic acids is 1. The molecule has 3 rings (SSSR count). The van der Waals surface area contributed by atoms with Gasteiger partial charge in [0, 0.05) is 25.6 Å². The van der Waals surface area contributed by atoms with Gasteiger partial charge >= 0.3 is 0 Å². The number of rotatable bonds is 6. The standard InChI is InChI=1S/C21H29N3O3/c1-14(2)20-19(16(4)23-27-20)21(25)22-13-18(24-9-11-26-12-10-24)17-7-5-15(3)6-8-17/h5-8,14,18H,9-13H2,1-4H3,(H,22,25). The van der Waals surface area contributed by atoms with Gasteiger partial charge in [-0.25, -0.2) is 0 Å². The molecule has 1 saturated heterocycles. The first kappa shape index (κ1) is 19.6. The first-order valence-electron chi connectivity index (χ1n) is 9.60. The van der Waals surface area contributed by atoms with E-state index >= 15 is 0 Å². The molecule has 1 aliphatic heterocycles. The number of benzene rings is 1. The van der Waals surface area contributed by atoms with Crippen LogP contribution >= 0.6 is 0 Å². The van der Waals surface area contributed by atoms with Crippen LogP contribution in [-0.4, -0.2) is 48.8 Å². The highest BCUT2D eigenvalue weighted by Crippen LogP contribution is 2.24. The molecule has 0 spiro atoms. The number of aromatic nitrogens is 1. The zero-order valence-electron chi connectivity index (χ0n) is 16.6. The Morgan fingerprint density at radius 3 is 2.48 bits per heavy atom. The molecular weight excluding hydrogens is 342 g/mol. The zero-order chi connectivity index (χ0) is 19.4. The van der Waals surface area contributed by atoms with Gasteiger partial charge in [-0.3, -0.25) is 9.69 Å². The first-order valence-corrected chi connectivity index (χ1v) is 9.60. The van der Waals surface area contributed by atoms with E-state index in [9.17, 15) is 4.79 Å². The minimum absolute atomic E-state index is 0.110. The van der Waals surface area contributed by atoms with E-state index in [0.717, 1.165) is 26.3 Å². The van der Waals surface area contributed by atoms with Gasteiger partial charge in [0.2, 0.25) is 0 Å². The molecule has 0 bridgehead atoms. The molecule has 1 aromatic carbocycles. The van der Waals surface area contributed by atoms with Crippen LogP contribution in [0.3, 0.4) is 0 Å². The second-order valence-electron chi connectivity index (χ2n) is 7.45. The van der Waals surface area contributed by atoms with Crippen LogP contribution in [0.25, 0.3) is 0 Å². The van der Waals surface area contributed by atoms with Crippen molar-refractivity contribution in [3.05, 3.63) is 52.4 Å². The number of morpholine rings is 1. The molecule has 1 fully saturated rings. The molecule has 2 heterocycles. The van der Waals surface area contributed by atoms with Gasteiger partial charge in [0.05, 0.1) is 24.9 Å². The van der Waals surface area contributed by atoms with Crippen molar-refractivity contribution in [3.8, 4) is 0 Å². The van der Waals surface area contributed by atoms with Crippen molar-refractivity contribution < 1.29 is 14.1 Å². The molecule has 146 valence electrons. The van der Waals surface area contributed by atoms with Gasteiger partial charge in [0.25, 0.3) is 5.91 Å². The quantitative estimate of drug-likeness (QED) is 0.844. The third-order valence-corrected chi connectivity index (χ3v) is 5.05. The largest absolute Gasteiger partial charge is 0.379 e. The van der Waals surface area contributed by atoms with Gasteiger partial charge in [-0.05, 0) is 19.4 Å². The molecule has 1 N–H and O–H groups in total. The summed E-state index contributed by atoms with van der Waals surface area (Å²) in [4.78, 5) is 15.2. The normalized spacial score (nSPS) is 16.5. The molecule has 0 radical (unpaired) electrons. The molecule has 1 unspecified atom stereocenters. The summed E-state index contributed by atoms with van der Waals surface area (Å²) in [6, 6.07) is 8.63. The molecule has 0 saturated carbocycles. The minimum atomic E-state index is -0.122. The lowest BCUT2D eigenvalue weighted by atomic mass is 10.0. The van der Waals surface area contributed by atoms with Crippen LogP contribution in [-0.2, 0) is 4.74 Å². The topological polar surface area (TPSA) is 67.6 Å². The number of hydrogen-bond donors (Lipinski definition) is 1. The molecule has 1 atom stereocenters. The molecule has 1 aromatic heterocycles. The van der Waals surface area contributed by atoms with Crippen LogP contribution in [0.1, 0.15) is 58.7 Å². The minimum Gasteiger partial charge on any atom is -0.379 e. The van der Waals surface area contributed by atoms with Gasteiger partial charge in [-0.1, -0.05) is 48.8 Å². The van der Waals surface area contributed by atoms with E-state index in [-0.39, 0.29) is 17.9 Å². The zero-order valence-corrected chi connectivity index (χ0v) is 16.6. The van der Waals surface area contributed by atoms with Crippen molar-refractivity contribution in [1.82, 2.24) is 15.4 Å². The van der Waals surface area contributed by atoms with Crippen molar-refractivity contribution in [3.63, 3.8) is 0 Å². The Morgan fingerprint density at radius 1 is 1.19 bits per heavy atom. The van der Waals surface area contributed by atoms with E-state index in [4.69, 9.17) is 9.26 Å². The summed E-state index contributed by atoms with van der Waals surface area (Å²) in [5.74, 6) is 0.630. The number of hydrogen-bond acceptors (Lipinski definition) is 5. The highest BCUT2D eigenvalue weighted by atomic mass is 16.5. The monoisotopic (exact) mass is 371 g/mol. The number of nitrogens with zero attached hydrogens (tertiary/aromatic N) is 2. The second kappa shape index (κ2) is 8.67. The Labute approximate surface area is 160 Å². The molecule has 1 amide bonds. The van der Waals surface area contributed by atoms with Gasteiger partial charge < -0.3 is 14.6 Å². The molecule has 27 heavy (non-hydrogen) atoms. The summed E-state index contributed by atoms with van der Waals surface area (Å²) >= 11 is 0. The Morgan fingerprint density at radius 2 is 1.85 bits per heavy atom. The summed E-state index contributed by atoms with van der Waals surface area (Å²) in [5.41, 5.74) is 3.63. The molecule has 1 aliphatic rings. The highest BCUT2D eigenvalue weighted by Gasteiger charge is 2.26. The van der Waals surface area contributed by atoms with E-state index in [1.165, 1.54) is 11.1 Å². The molecule has 6 heteroatoms. The number of ether oxygens (including phenoxy) is 1. The van der Waals surface area contributed by atoms with Crippen LogP contribution in [0.4, 0.5) is 0 Å². The lowest BCUT2D eigenvalue weighted by Crippen LogP contribution is -2.44. The summed E-state index contributed by atoms with van der Waals surface area (Å²) < 4.78 is 10.9. The number of amides is 1. The lowest BCUT2D eigenvalue weighted by molar-refractivity contribution is 0.0162. The fourth-order valence-corrected chi connectivity index (χ4v) is 3.47. The molecule has 6 nitrogen and oxygen atoms in total. The van der Waals surface area contributed by atoms with Crippen LogP contribution in [0.5, 0.6) is 0 Å². The summed E-state index contributed by atoms with van der Waals surface area (Å²) in [7, 11) is 0. The summed E-state index contributed by atoms with van der Waals surface area (Å²) in [6.07, 6.45) is 0. The Bertz CT molecular complexity index is 761. The molecule has 2 aromatic rings. The van der Waals surface area contributed by atoms with E-state index in [1.54, 1.807) is 0 Å². The van der Waals surface area contributed by atoms with E-state index in [2.05, 4.69) is 46.6 Å². The van der Waals surface area contributed by atoms with Crippen molar-refractivity contribution in [2.24, 2.45) is 0 Å². The fourth-order valence-electron chi connectivity index (χ4n) is 3.47. The van der Waals surface area contributed by atoms with Crippen molar-refractivity contribution in [1.29, 1.82) is 0 Å². The first-order chi connectivity index (χ1) is 13.0. The third-order valence-electron chi connectivity index (χ3n) is 5.05. The maximum absolute atomic E-state index is 12.9. The average Bonchev–Trinajstić information content (AvgIpc) is 3.06. The Kier molecular flexibility index (Phi) is 6.29. The summed E-state index contributed by atoms with van der Waals surface area (Å²) in [6.45, 7) is 11.6. The predicted molar refractivity (Wildman–Crippen MR) is 104 cm³/mol. The number of carbonyl (C=O) groups is 1. The van der Waals surface area contributed by atoms with Crippen molar-refractivity contribution in [2.75, 3.05) is 32.8 Å². The smallest absolute Gasteiger partial charge is 0.256 e. The van der Waals surface area contributed by atoms with Gasteiger partial charge in [-0.15, -0.1) is 0 Å². The van der Waals surface area contributed by atoms with Gasteiger partial charge in [0.1, 0.15) is 5.56 Å². The average molecular weight is 371 g/mol. The van der Waals surface area contributed by atoms with E-state index in [0.29, 0.717) is 23.6 Å². The van der Waals surface area contributed by atoms with Crippen LogP contribution in [0.15, 0.2) is 28.8 Å². The maximum atomic E-state index is 12.9. The molecular formula is C21H29N3O3. The SMILES string of the molecule is Cc1ccc(C(CNC(=O)c2c(C)noc2C(C)C)N2CCOCC2)cc1. The van der Waals surface area contributed by atoms with Crippen LogP contribution in [0, 0.1) is 13.8 Å². The highest BCUT2D eigenvalue weighted by molar-refractivity contribution is 5.96. The van der Waals surface area contributed by atoms with Crippen molar-refractivity contribution >= 4 is 5.91 Å². The second-order valence-corrected chi connectivity index (χ2v) is 7.45. The number of aryl methyl sites for hydroxylation is 2. The van der Waals surface area contributed by atoms with Crippen molar-refractivity contribution in [2.45, 2.75) is 39.7 Å². The lowest BCUT2D eigenvalue weighted by Gasteiger charge is -2.35. The summed E-state index contributed by atoms with van der Waals surface area (Å²) in [5, 5.41) is 7.09. The molecule has 0 aliphatic carbocycles. The Balaban J connectivity index is 1.77. The fraction of sp³-hybridized carbons (Fsp3) is 0.524. The van der Waals surface area contributed by atoms with Gasteiger partial charge in [0.15, 0.2) is 5.76 Å². The number of nitrogens with one attached hydrogen (secondary N) is 1. The van der Waals surface area contributed by atoms with Crippen LogP contribution in [0.2, 0.25) is 0 Å². The predicted octanol–water partition coefficient (Wildman–Crippen LogP) is 3.22. The van der Waals surface area contributed by atoms with Crippen LogP contribution < -0.4 is 5.32 Å². The Hall–Kier alpha value is -2.18. The van der Waals surface area contributed by atoms with Gasteiger partial charge in [-0.2, -0.15) is 0 Å².